The molecule has 2 saturated heterocycles. The number of halogens is 3. The first-order valence-electron chi connectivity index (χ1n) is 7.05. The van der Waals surface area contributed by atoms with Crippen molar-refractivity contribution < 1.29 is 22.7 Å². The number of hydrogen-bond acceptors (Lipinski definition) is 3. The highest BCUT2D eigenvalue weighted by Crippen LogP contribution is 2.32. The Balaban J connectivity index is 1.94. The van der Waals surface area contributed by atoms with E-state index in [0.717, 1.165) is 24.3 Å². The van der Waals surface area contributed by atoms with Crippen molar-refractivity contribution >= 4 is 5.91 Å². The van der Waals surface area contributed by atoms with E-state index >= 15 is 0 Å². The molecule has 20 heavy (non-hydrogen) atoms. The topological polar surface area (TPSA) is 41.6 Å². The van der Waals surface area contributed by atoms with Crippen LogP contribution < -0.4 is 5.32 Å². The van der Waals surface area contributed by atoms with Gasteiger partial charge in [0.15, 0.2) is 0 Å². The Morgan fingerprint density at radius 2 is 2.00 bits per heavy atom. The van der Waals surface area contributed by atoms with Gasteiger partial charge in [0.2, 0.25) is 5.91 Å². The second-order valence-corrected chi connectivity index (χ2v) is 5.58. The van der Waals surface area contributed by atoms with Gasteiger partial charge in [-0.15, -0.1) is 0 Å². The molecule has 0 aromatic carbocycles. The highest BCUT2D eigenvalue weighted by atomic mass is 19.4. The summed E-state index contributed by atoms with van der Waals surface area (Å²) >= 11 is 0. The first-order chi connectivity index (χ1) is 9.38. The highest BCUT2D eigenvalue weighted by Gasteiger charge is 2.47. The van der Waals surface area contributed by atoms with Crippen LogP contribution in [0.2, 0.25) is 0 Å². The molecule has 0 aromatic heterocycles. The Morgan fingerprint density at radius 3 is 2.55 bits per heavy atom. The quantitative estimate of drug-likeness (QED) is 0.843. The predicted octanol–water partition coefficient (Wildman–Crippen LogP) is 1.70. The molecule has 2 aliphatic heterocycles. The molecule has 0 spiro atoms. The molecule has 2 aliphatic rings. The third-order valence-corrected chi connectivity index (χ3v) is 4.00. The van der Waals surface area contributed by atoms with E-state index in [2.05, 4.69) is 5.32 Å². The molecular weight excluding hydrogens is 273 g/mol. The lowest BCUT2D eigenvalue weighted by Crippen LogP contribution is -2.58. The van der Waals surface area contributed by atoms with Gasteiger partial charge in [-0.1, -0.05) is 0 Å². The number of nitrogens with one attached hydrogen (secondary N) is 1. The first-order valence-corrected chi connectivity index (χ1v) is 7.05. The van der Waals surface area contributed by atoms with Gasteiger partial charge in [-0.3, -0.25) is 4.79 Å². The zero-order chi connectivity index (χ0) is 14.8. The van der Waals surface area contributed by atoms with E-state index in [4.69, 9.17) is 4.74 Å². The molecule has 0 radical (unpaired) electrons. The van der Waals surface area contributed by atoms with E-state index in [1.807, 2.05) is 0 Å². The average molecular weight is 294 g/mol. The van der Waals surface area contributed by atoms with Crippen LogP contribution in [0.25, 0.3) is 0 Å². The van der Waals surface area contributed by atoms with Gasteiger partial charge in [-0.2, -0.15) is 13.2 Å². The Labute approximate surface area is 116 Å². The van der Waals surface area contributed by atoms with Crippen molar-refractivity contribution in [1.29, 1.82) is 0 Å². The van der Waals surface area contributed by atoms with Crippen LogP contribution in [-0.4, -0.2) is 54.9 Å². The van der Waals surface area contributed by atoms with Gasteiger partial charge in [0.25, 0.3) is 0 Å². The summed E-state index contributed by atoms with van der Waals surface area (Å²) in [7, 11) is 0. The molecule has 0 bridgehead atoms. The number of carbonyl (C=O) groups excluding carboxylic acids is 1. The summed E-state index contributed by atoms with van der Waals surface area (Å²) in [5.74, 6) is -0.515. The summed E-state index contributed by atoms with van der Waals surface area (Å²) in [5, 5.41) is 3.33. The van der Waals surface area contributed by atoms with Gasteiger partial charge in [-0.25, -0.2) is 0 Å². The van der Waals surface area contributed by atoms with E-state index in [1.54, 1.807) is 0 Å². The van der Waals surface area contributed by atoms with Crippen LogP contribution in [0.3, 0.4) is 0 Å². The number of amides is 1. The summed E-state index contributed by atoms with van der Waals surface area (Å²) in [6.45, 7) is 2.67. The Morgan fingerprint density at radius 1 is 1.25 bits per heavy atom. The first kappa shape index (κ1) is 15.6. The van der Waals surface area contributed by atoms with Crippen molar-refractivity contribution in [3.05, 3.63) is 0 Å². The second-order valence-electron chi connectivity index (χ2n) is 5.58. The minimum atomic E-state index is -4.34. The summed E-state index contributed by atoms with van der Waals surface area (Å²) in [6.07, 6.45) is -2.01. The van der Waals surface area contributed by atoms with Crippen molar-refractivity contribution in [2.24, 2.45) is 0 Å². The molecule has 7 heteroatoms. The normalized spacial score (nSPS) is 32.2. The zero-order valence-electron chi connectivity index (χ0n) is 11.6. The molecule has 2 rings (SSSR count). The maximum absolute atomic E-state index is 12.9. The van der Waals surface area contributed by atoms with Gasteiger partial charge in [0, 0.05) is 32.2 Å². The molecule has 2 heterocycles. The number of ether oxygens (including phenoxy) is 1. The lowest BCUT2D eigenvalue weighted by molar-refractivity contribution is -0.196. The maximum Gasteiger partial charge on any atom is 0.408 e. The molecule has 3 unspecified atom stereocenters. The summed E-state index contributed by atoms with van der Waals surface area (Å²) in [4.78, 5) is 12.4. The standard InChI is InChI=1S/C13H21F3N2O2/c1-9(19)18-7-10(4-5-12(18)13(14,15)16)17-11-3-2-6-20-8-11/h10-12,17H,2-8H2,1H3. The fourth-order valence-corrected chi connectivity index (χ4v) is 3.00. The minimum absolute atomic E-state index is 0.0334. The molecule has 4 nitrogen and oxygen atoms in total. The molecule has 1 N–H and O–H groups in total. The van der Waals surface area contributed by atoms with Gasteiger partial charge < -0.3 is 15.0 Å². The molecule has 2 fully saturated rings. The Bertz CT molecular complexity index is 343. The molecule has 116 valence electrons. The number of alkyl halides is 3. The van der Waals surface area contributed by atoms with Crippen molar-refractivity contribution in [1.82, 2.24) is 10.2 Å². The lowest BCUT2D eigenvalue weighted by Gasteiger charge is -2.41. The Hall–Kier alpha value is -0.820. The predicted molar refractivity (Wildman–Crippen MR) is 67.2 cm³/mol. The van der Waals surface area contributed by atoms with E-state index in [9.17, 15) is 18.0 Å². The number of carbonyl (C=O) groups is 1. The van der Waals surface area contributed by atoms with Crippen molar-refractivity contribution in [3.8, 4) is 0 Å². The minimum Gasteiger partial charge on any atom is -0.380 e. The van der Waals surface area contributed by atoms with Crippen LogP contribution in [-0.2, 0) is 9.53 Å². The average Bonchev–Trinajstić information content (AvgIpc) is 2.38. The van der Waals surface area contributed by atoms with E-state index in [1.165, 1.54) is 6.92 Å². The third kappa shape index (κ3) is 3.85. The number of piperidine rings is 1. The largest absolute Gasteiger partial charge is 0.408 e. The van der Waals surface area contributed by atoms with Crippen molar-refractivity contribution in [3.63, 3.8) is 0 Å². The fourth-order valence-electron chi connectivity index (χ4n) is 3.00. The van der Waals surface area contributed by atoms with Gasteiger partial charge in [0.05, 0.1) is 6.61 Å². The zero-order valence-corrected chi connectivity index (χ0v) is 11.6. The van der Waals surface area contributed by atoms with Crippen LogP contribution in [0.15, 0.2) is 0 Å². The third-order valence-electron chi connectivity index (χ3n) is 4.00. The van der Waals surface area contributed by atoms with Crippen LogP contribution in [0, 0.1) is 0 Å². The SMILES string of the molecule is CC(=O)N1CC(NC2CCCOC2)CCC1C(F)(F)F. The highest BCUT2D eigenvalue weighted by molar-refractivity contribution is 5.73. The van der Waals surface area contributed by atoms with Crippen LogP contribution >= 0.6 is 0 Å². The molecular formula is C13H21F3N2O2. The van der Waals surface area contributed by atoms with E-state index < -0.39 is 18.1 Å². The second kappa shape index (κ2) is 6.30. The van der Waals surface area contributed by atoms with Gasteiger partial charge in [0.1, 0.15) is 6.04 Å². The lowest BCUT2D eigenvalue weighted by atomic mass is 9.96. The van der Waals surface area contributed by atoms with E-state index in [0.29, 0.717) is 13.0 Å². The molecule has 0 saturated carbocycles. The Kier molecular flexibility index (Phi) is 4.90. The van der Waals surface area contributed by atoms with Gasteiger partial charge in [-0.05, 0) is 25.7 Å². The number of likely N-dealkylation sites (tertiary alicyclic amines) is 1. The summed E-state index contributed by atoms with van der Waals surface area (Å²) < 4.78 is 44.1. The monoisotopic (exact) mass is 294 g/mol. The molecule has 0 aromatic rings. The maximum atomic E-state index is 12.9. The number of hydrogen-bond donors (Lipinski definition) is 1. The van der Waals surface area contributed by atoms with Crippen molar-refractivity contribution in [2.75, 3.05) is 19.8 Å². The van der Waals surface area contributed by atoms with Crippen LogP contribution in [0.1, 0.15) is 32.6 Å². The summed E-state index contributed by atoms with van der Waals surface area (Å²) in [6, 6.07) is -1.53. The number of nitrogens with zero attached hydrogens (tertiary/aromatic N) is 1. The van der Waals surface area contributed by atoms with Crippen molar-refractivity contribution in [2.45, 2.75) is 56.9 Å². The molecule has 0 aliphatic carbocycles. The fraction of sp³-hybridized carbons (Fsp3) is 0.923. The number of rotatable bonds is 2. The summed E-state index contributed by atoms with van der Waals surface area (Å²) in [5.41, 5.74) is 0. The molecule has 1 amide bonds. The smallest absolute Gasteiger partial charge is 0.380 e. The van der Waals surface area contributed by atoms with E-state index in [-0.39, 0.29) is 25.0 Å². The van der Waals surface area contributed by atoms with Gasteiger partial charge >= 0.3 is 6.18 Å². The van der Waals surface area contributed by atoms with Crippen LogP contribution in [0.4, 0.5) is 13.2 Å². The van der Waals surface area contributed by atoms with Crippen LogP contribution in [0.5, 0.6) is 0 Å². The molecule has 3 atom stereocenters.